The van der Waals surface area contributed by atoms with Crippen molar-refractivity contribution in [2.75, 3.05) is 13.7 Å². The topological polar surface area (TPSA) is 46.6 Å². The largest absolute Gasteiger partial charge is 0.497 e. The lowest BCUT2D eigenvalue weighted by Crippen LogP contribution is -2.34. The molecule has 0 amide bonds. The standard InChI is InChI=1S/C19H22FNO3S/c1-24-17-11-9-15(10-12-17)19-8-3-2-4-13-21(19)25(22,23)18-7-5-6-16(20)14-18/h5-7,9-12,14,19H,2-4,8,13H2,1H3. The predicted molar refractivity (Wildman–Crippen MR) is 94.5 cm³/mol. The van der Waals surface area contributed by atoms with Crippen molar-refractivity contribution in [1.82, 2.24) is 4.31 Å². The van der Waals surface area contributed by atoms with Gasteiger partial charge in [-0.3, -0.25) is 0 Å². The van der Waals surface area contributed by atoms with Gasteiger partial charge in [0, 0.05) is 6.54 Å². The first kappa shape index (κ1) is 17.9. The van der Waals surface area contributed by atoms with E-state index in [0.29, 0.717) is 6.54 Å². The van der Waals surface area contributed by atoms with Gasteiger partial charge in [-0.2, -0.15) is 4.31 Å². The zero-order chi connectivity index (χ0) is 17.9. The first-order valence-corrected chi connectivity index (χ1v) is 9.88. The van der Waals surface area contributed by atoms with Gasteiger partial charge in [0.25, 0.3) is 0 Å². The highest BCUT2D eigenvalue weighted by molar-refractivity contribution is 7.89. The van der Waals surface area contributed by atoms with Crippen molar-refractivity contribution in [2.45, 2.75) is 36.6 Å². The highest BCUT2D eigenvalue weighted by atomic mass is 32.2. The normalized spacial score (nSPS) is 19.4. The molecule has 0 bridgehead atoms. The summed E-state index contributed by atoms with van der Waals surface area (Å²) in [6.45, 7) is 0.440. The molecular formula is C19H22FNO3S. The molecule has 0 spiro atoms. The molecule has 25 heavy (non-hydrogen) atoms. The molecule has 1 aliphatic heterocycles. The summed E-state index contributed by atoms with van der Waals surface area (Å²) in [5.41, 5.74) is 0.933. The molecule has 1 atom stereocenters. The first-order chi connectivity index (χ1) is 12.0. The fraction of sp³-hybridized carbons (Fsp3) is 0.368. The number of ether oxygens (including phenoxy) is 1. The number of rotatable bonds is 4. The van der Waals surface area contributed by atoms with Crippen LogP contribution in [0.25, 0.3) is 0 Å². The lowest BCUT2D eigenvalue weighted by molar-refractivity contribution is 0.328. The van der Waals surface area contributed by atoms with Gasteiger partial charge in [-0.25, -0.2) is 12.8 Å². The molecule has 3 rings (SSSR count). The Morgan fingerprint density at radius 2 is 1.84 bits per heavy atom. The highest BCUT2D eigenvalue weighted by Gasteiger charge is 2.33. The molecule has 1 unspecified atom stereocenters. The van der Waals surface area contributed by atoms with Crippen molar-refractivity contribution < 1.29 is 17.5 Å². The van der Waals surface area contributed by atoms with Crippen molar-refractivity contribution in [1.29, 1.82) is 0 Å². The monoisotopic (exact) mass is 363 g/mol. The Balaban J connectivity index is 2.00. The smallest absolute Gasteiger partial charge is 0.243 e. The summed E-state index contributed by atoms with van der Waals surface area (Å²) in [6, 6.07) is 12.5. The van der Waals surface area contributed by atoms with Crippen LogP contribution in [0.4, 0.5) is 4.39 Å². The Labute approximate surface area is 148 Å². The molecule has 0 aromatic heterocycles. The first-order valence-electron chi connectivity index (χ1n) is 8.44. The average Bonchev–Trinajstić information content (AvgIpc) is 2.88. The predicted octanol–water partition coefficient (Wildman–Crippen LogP) is 4.14. The van der Waals surface area contributed by atoms with Crippen LogP contribution in [0.15, 0.2) is 53.4 Å². The minimum absolute atomic E-state index is 0.00733. The Bertz CT molecular complexity index is 821. The number of sulfonamides is 1. The van der Waals surface area contributed by atoms with Crippen LogP contribution in [0.3, 0.4) is 0 Å². The molecule has 1 saturated heterocycles. The van der Waals surface area contributed by atoms with Crippen molar-refractivity contribution >= 4 is 10.0 Å². The molecule has 2 aromatic carbocycles. The third-order valence-corrected chi connectivity index (χ3v) is 6.51. The zero-order valence-corrected chi connectivity index (χ0v) is 15.0. The van der Waals surface area contributed by atoms with Crippen LogP contribution in [0, 0.1) is 5.82 Å². The van der Waals surface area contributed by atoms with Gasteiger partial charge in [0.15, 0.2) is 0 Å². The summed E-state index contributed by atoms with van der Waals surface area (Å²) in [5.74, 6) is 0.189. The van der Waals surface area contributed by atoms with Crippen LogP contribution < -0.4 is 4.74 Å². The molecule has 2 aromatic rings. The number of halogens is 1. The average molecular weight is 363 g/mol. The molecule has 1 aliphatic rings. The second-order valence-corrected chi connectivity index (χ2v) is 8.10. The molecule has 0 N–H and O–H groups in total. The molecule has 0 radical (unpaired) electrons. The summed E-state index contributed by atoms with van der Waals surface area (Å²) >= 11 is 0. The number of benzene rings is 2. The van der Waals surface area contributed by atoms with Gasteiger partial charge in [-0.1, -0.05) is 31.0 Å². The third-order valence-electron chi connectivity index (χ3n) is 4.61. The molecule has 0 saturated carbocycles. The quantitative estimate of drug-likeness (QED) is 0.820. The second kappa shape index (κ2) is 7.54. The summed E-state index contributed by atoms with van der Waals surface area (Å²) in [7, 11) is -2.16. The van der Waals surface area contributed by atoms with E-state index in [-0.39, 0.29) is 10.9 Å². The van der Waals surface area contributed by atoms with E-state index in [2.05, 4.69) is 0 Å². The van der Waals surface area contributed by atoms with E-state index in [0.717, 1.165) is 43.1 Å². The molecule has 134 valence electrons. The third kappa shape index (κ3) is 3.85. The Hall–Kier alpha value is -1.92. The van der Waals surface area contributed by atoms with E-state index in [9.17, 15) is 12.8 Å². The highest BCUT2D eigenvalue weighted by Crippen LogP contribution is 2.35. The van der Waals surface area contributed by atoms with Crippen molar-refractivity contribution in [3.8, 4) is 5.75 Å². The van der Waals surface area contributed by atoms with Gasteiger partial charge >= 0.3 is 0 Å². The van der Waals surface area contributed by atoms with E-state index < -0.39 is 15.8 Å². The van der Waals surface area contributed by atoms with Crippen LogP contribution in [0.2, 0.25) is 0 Å². The molecule has 1 heterocycles. The summed E-state index contributed by atoms with van der Waals surface area (Å²) < 4.78 is 46.5. The summed E-state index contributed by atoms with van der Waals surface area (Å²) in [4.78, 5) is 0.00733. The van der Waals surface area contributed by atoms with Crippen LogP contribution in [-0.2, 0) is 10.0 Å². The van der Waals surface area contributed by atoms with Gasteiger partial charge in [0.05, 0.1) is 18.0 Å². The molecule has 1 fully saturated rings. The van der Waals surface area contributed by atoms with E-state index in [1.165, 1.54) is 22.5 Å². The Morgan fingerprint density at radius 1 is 1.08 bits per heavy atom. The maximum Gasteiger partial charge on any atom is 0.243 e. The van der Waals surface area contributed by atoms with E-state index >= 15 is 0 Å². The molecular weight excluding hydrogens is 341 g/mol. The number of nitrogens with zero attached hydrogens (tertiary/aromatic N) is 1. The lowest BCUT2D eigenvalue weighted by atomic mass is 10.0. The van der Waals surface area contributed by atoms with Gasteiger partial charge in [-0.05, 0) is 48.7 Å². The minimum atomic E-state index is -3.76. The number of hydrogen-bond acceptors (Lipinski definition) is 3. The number of hydrogen-bond donors (Lipinski definition) is 0. The maximum absolute atomic E-state index is 13.6. The van der Waals surface area contributed by atoms with Crippen LogP contribution >= 0.6 is 0 Å². The van der Waals surface area contributed by atoms with E-state index in [1.807, 2.05) is 24.3 Å². The van der Waals surface area contributed by atoms with E-state index in [1.54, 1.807) is 7.11 Å². The van der Waals surface area contributed by atoms with Gasteiger partial charge in [0.1, 0.15) is 11.6 Å². The molecule has 6 heteroatoms. The van der Waals surface area contributed by atoms with Gasteiger partial charge in [0.2, 0.25) is 10.0 Å². The van der Waals surface area contributed by atoms with E-state index in [4.69, 9.17) is 4.74 Å². The van der Waals surface area contributed by atoms with Crippen molar-refractivity contribution in [2.24, 2.45) is 0 Å². The van der Waals surface area contributed by atoms with Crippen molar-refractivity contribution in [3.63, 3.8) is 0 Å². The summed E-state index contributed by atoms with van der Waals surface area (Å²) in [6.07, 6.45) is 3.51. The fourth-order valence-corrected chi connectivity index (χ4v) is 5.01. The zero-order valence-electron chi connectivity index (χ0n) is 14.2. The fourth-order valence-electron chi connectivity index (χ4n) is 3.29. The second-order valence-electron chi connectivity index (χ2n) is 6.21. The lowest BCUT2D eigenvalue weighted by Gasteiger charge is -2.29. The number of methoxy groups -OCH3 is 1. The maximum atomic E-state index is 13.6. The SMILES string of the molecule is COc1ccc(C2CCCCCN2S(=O)(=O)c2cccc(F)c2)cc1. The Kier molecular flexibility index (Phi) is 5.39. The van der Waals surface area contributed by atoms with Crippen molar-refractivity contribution in [3.05, 3.63) is 59.9 Å². The van der Waals surface area contributed by atoms with Crippen LogP contribution in [0.1, 0.15) is 37.3 Å². The molecule has 4 nitrogen and oxygen atoms in total. The molecule has 0 aliphatic carbocycles. The minimum Gasteiger partial charge on any atom is -0.497 e. The van der Waals surface area contributed by atoms with Crippen LogP contribution in [-0.4, -0.2) is 26.4 Å². The Morgan fingerprint density at radius 3 is 2.52 bits per heavy atom. The van der Waals surface area contributed by atoms with Crippen LogP contribution in [0.5, 0.6) is 5.75 Å². The van der Waals surface area contributed by atoms with Gasteiger partial charge in [-0.15, -0.1) is 0 Å². The van der Waals surface area contributed by atoms with Gasteiger partial charge < -0.3 is 4.74 Å². The summed E-state index contributed by atoms with van der Waals surface area (Å²) in [5, 5.41) is 0.